The Kier molecular flexibility index (Phi) is 19.7. The van der Waals surface area contributed by atoms with Crippen molar-refractivity contribution in [2.24, 2.45) is 0 Å². The van der Waals surface area contributed by atoms with Gasteiger partial charge in [-0.2, -0.15) is 0 Å². The van der Waals surface area contributed by atoms with E-state index in [1.54, 1.807) is 0 Å². The molecule has 0 fully saturated rings. The van der Waals surface area contributed by atoms with E-state index in [2.05, 4.69) is 30.7 Å². The Labute approximate surface area is 85.1 Å². The molecule has 1 N–H and O–H groups in total. The Bertz CT molecular complexity index is 111. The molecule has 82 valence electrons. The first kappa shape index (κ1) is 18.3. The fourth-order valence-corrected chi connectivity index (χ4v) is 0.547. The maximum atomic E-state index is 3.28. The van der Waals surface area contributed by atoms with Crippen LogP contribution in [0.3, 0.4) is 0 Å². The number of nitrogens with one attached hydrogen (secondary N) is 1. The average molecular weight is 189 g/mol. The first-order chi connectivity index (χ1) is 6.04. The van der Waals surface area contributed by atoms with Crippen molar-refractivity contribution >= 4 is 5.84 Å². The lowest BCUT2D eigenvalue weighted by Gasteiger charge is -2.03. The van der Waals surface area contributed by atoms with Crippen LogP contribution in [0.4, 0.5) is 0 Å². The van der Waals surface area contributed by atoms with Crippen LogP contribution in [-0.4, -0.2) is 30.5 Å². The van der Waals surface area contributed by atoms with Gasteiger partial charge in [0.25, 0.3) is 0 Å². The van der Waals surface area contributed by atoms with Gasteiger partial charge in [0, 0.05) is 6.92 Å². The second kappa shape index (κ2) is 14.0. The molecule has 0 aromatic carbocycles. The summed E-state index contributed by atoms with van der Waals surface area (Å²) in [7, 11) is 4.06. The minimum absolute atomic E-state index is 0.535. The van der Waals surface area contributed by atoms with Crippen molar-refractivity contribution in [3.05, 3.63) is 0 Å². The first-order valence-corrected chi connectivity index (χ1v) is 5.31. The fraction of sp³-hybridized carbons (Fsp3) is 0.909. The molecule has 0 bridgehead atoms. The summed E-state index contributed by atoms with van der Waals surface area (Å²) in [5.74, 6) is 1.21. The van der Waals surface area contributed by atoms with Gasteiger partial charge in [0.05, 0.1) is 20.1 Å². The molecule has 0 atom stereocenters. The monoisotopic (exact) mass is 189 g/mol. The molecule has 0 aromatic rings. The third-order valence-electron chi connectivity index (χ3n) is 1.17. The molecule has 13 heavy (non-hydrogen) atoms. The van der Waals surface area contributed by atoms with Gasteiger partial charge in [0.1, 0.15) is 0 Å². The number of hydrogen-bond acceptors (Lipinski definition) is 0. The van der Waals surface area contributed by atoms with Gasteiger partial charge < -0.3 is 0 Å². The van der Waals surface area contributed by atoms with E-state index >= 15 is 0 Å². The quantitative estimate of drug-likeness (QED) is 0.381. The summed E-state index contributed by atoms with van der Waals surface area (Å²) < 4.78 is 2.07. The summed E-state index contributed by atoms with van der Waals surface area (Å²) in [5.41, 5.74) is 0. The van der Waals surface area contributed by atoms with E-state index in [0.29, 0.717) is 6.04 Å². The Hall–Kier alpha value is -0.530. The predicted molar refractivity (Wildman–Crippen MR) is 63.8 cm³/mol. The van der Waals surface area contributed by atoms with E-state index < -0.39 is 0 Å². The van der Waals surface area contributed by atoms with Crippen molar-refractivity contribution in [1.82, 2.24) is 5.32 Å². The lowest BCUT2D eigenvalue weighted by atomic mass is 10.4. The third kappa shape index (κ3) is 18.4. The zero-order valence-electron chi connectivity index (χ0n) is 11.0. The summed E-state index contributed by atoms with van der Waals surface area (Å²) in [4.78, 5) is 0. The molecule has 0 saturated heterocycles. The van der Waals surface area contributed by atoms with Gasteiger partial charge in [-0.15, -0.1) is 0 Å². The molecule has 0 rings (SSSR count). The van der Waals surface area contributed by atoms with E-state index in [0.717, 1.165) is 0 Å². The van der Waals surface area contributed by atoms with E-state index in [1.807, 2.05) is 41.8 Å². The average Bonchev–Trinajstić information content (AvgIpc) is 2.10. The van der Waals surface area contributed by atoms with Crippen LogP contribution in [0.15, 0.2) is 0 Å². The van der Waals surface area contributed by atoms with Crippen LogP contribution < -0.4 is 5.32 Å². The SMILES string of the molecule is CC.CC.CC(NC(C)C)=[N+](C)C. The van der Waals surface area contributed by atoms with E-state index in [4.69, 9.17) is 0 Å². The largest absolute Gasteiger partial charge is 0.277 e. The predicted octanol–water partition coefficient (Wildman–Crippen LogP) is 2.73. The van der Waals surface area contributed by atoms with Gasteiger partial charge in [0.2, 0.25) is 5.84 Å². The molecule has 0 amide bonds. The summed E-state index contributed by atoms with van der Waals surface area (Å²) >= 11 is 0. The lowest BCUT2D eigenvalue weighted by Crippen LogP contribution is -2.33. The van der Waals surface area contributed by atoms with Crippen molar-refractivity contribution in [2.75, 3.05) is 14.1 Å². The van der Waals surface area contributed by atoms with Gasteiger partial charge in [0.15, 0.2) is 0 Å². The second-order valence-corrected chi connectivity index (χ2v) is 2.78. The number of rotatable bonds is 1. The second-order valence-electron chi connectivity index (χ2n) is 2.78. The molecule has 0 aliphatic carbocycles. The zero-order chi connectivity index (χ0) is 11.4. The summed E-state index contributed by atoms with van der Waals surface area (Å²) in [6.07, 6.45) is 0. The van der Waals surface area contributed by atoms with E-state index in [1.165, 1.54) is 5.84 Å². The topological polar surface area (TPSA) is 15.0 Å². The molecule has 0 heterocycles. The van der Waals surface area contributed by atoms with Gasteiger partial charge in [-0.3, -0.25) is 9.89 Å². The summed E-state index contributed by atoms with van der Waals surface area (Å²) in [5, 5.41) is 3.28. The smallest absolute Gasteiger partial charge is 0.241 e. The highest BCUT2D eigenvalue weighted by atomic mass is 15.1. The van der Waals surface area contributed by atoms with Crippen LogP contribution in [0.2, 0.25) is 0 Å². The summed E-state index contributed by atoms with van der Waals surface area (Å²) in [6.45, 7) is 14.3. The standard InChI is InChI=1S/C7H16N2.2C2H6/c1-6(2)8-7(3)9(4)5;2*1-2/h6H,1-5H3;2*1-2H3/p+1. The van der Waals surface area contributed by atoms with E-state index in [-0.39, 0.29) is 0 Å². The fourth-order valence-electron chi connectivity index (χ4n) is 0.547. The maximum absolute atomic E-state index is 3.28. The van der Waals surface area contributed by atoms with Crippen molar-refractivity contribution in [3.63, 3.8) is 0 Å². The molecule has 2 heteroatoms. The Morgan fingerprint density at radius 2 is 1.31 bits per heavy atom. The van der Waals surface area contributed by atoms with Gasteiger partial charge in [-0.25, -0.2) is 0 Å². The minimum atomic E-state index is 0.535. The molecule has 0 aliphatic heterocycles. The first-order valence-electron chi connectivity index (χ1n) is 5.31. The van der Waals surface area contributed by atoms with Crippen molar-refractivity contribution in [3.8, 4) is 0 Å². The Morgan fingerprint density at radius 1 is 1.00 bits per heavy atom. The molecule has 0 spiro atoms. The van der Waals surface area contributed by atoms with Gasteiger partial charge in [-0.1, -0.05) is 27.7 Å². The molecule has 0 aromatic heterocycles. The van der Waals surface area contributed by atoms with Crippen LogP contribution in [-0.2, 0) is 0 Å². The molecule has 0 aliphatic rings. The molecule has 0 unspecified atom stereocenters. The minimum Gasteiger partial charge on any atom is -0.277 e. The highest BCUT2D eigenvalue weighted by Gasteiger charge is 2.00. The van der Waals surface area contributed by atoms with Crippen molar-refractivity contribution in [1.29, 1.82) is 0 Å². The number of amidine groups is 1. The lowest BCUT2D eigenvalue weighted by molar-refractivity contribution is -0.467. The van der Waals surface area contributed by atoms with Crippen LogP contribution in [0.5, 0.6) is 0 Å². The van der Waals surface area contributed by atoms with Gasteiger partial charge in [-0.05, 0) is 13.8 Å². The number of nitrogens with zero attached hydrogens (tertiary/aromatic N) is 1. The third-order valence-corrected chi connectivity index (χ3v) is 1.17. The number of hydrogen-bond donors (Lipinski definition) is 1. The highest BCUT2D eigenvalue weighted by Crippen LogP contribution is 1.76. The molecule has 0 radical (unpaired) electrons. The highest BCUT2D eigenvalue weighted by molar-refractivity contribution is 5.74. The normalized spacial score (nSPS) is 7.54. The van der Waals surface area contributed by atoms with Crippen molar-refractivity contribution in [2.45, 2.75) is 54.5 Å². The maximum Gasteiger partial charge on any atom is 0.241 e. The van der Waals surface area contributed by atoms with Crippen LogP contribution in [0.25, 0.3) is 0 Å². The Balaban J connectivity index is -0.000000218. The van der Waals surface area contributed by atoms with Crippen LogP contribution >= 0.6 is 0 Å². The summed E-state index contributed by atoms with van der Waals surface area (Å²) in [6, 6.07) is 0.535. The van der Waals surface area contributed by atoms with Crippen molar-refractivity contribution < 1.29 is 4.58 Å². The van der Waals surface area contributed by atoms with Gasteiger partial charge >= 0.3 is 0 Å². The zero-order valence-corrected chi connectivity index (χ0v) is 11.0. The van der Waals surface area contributed by atoms with Crippen LogP contribution in [0.1, 0.15) is 48.5 Å². The molecule has 0 saturated carbocycles. The Morgan fingerprint density at radius 3 is 1.38 bits per heavy atom. The van der Waals surface area contributed by atoms with Crippen LogP contribution in [0, 0.1) is 0 Å². The molecule has 2 nitrogen and oxygen atoms in total. The molecular weight excluding hydrogens is 160 g/mol. The van der Waals surface area contributed by atoms with E-state index in [9.17, 15) is 0 Å². The molecular formula is C11H29N2+.